The van der Waals surface area contributed by atoms with Crippen LogP contribution in [0, 0.1) is 0 Å². The molecule has 4 aromatic heterocycles. The van der Waals surface area contributed by atoms with Crippen LogP contribution in [0.1, 0.15) is 56.2 Å². The fourth-order valence-electron chi connectivity index (χ4n) is 4.53. The molecule has 1 aliphatic heterocycles. The largest absolute Gasteiger partial charge is 0.390 e. The maximum Gasteiger partial charge on any atom is 0.226 e. The van der Waals surface area contributed by atoms with E-state index in [0.29, 0.717) is 41.6 Å². The summed E-state index contributed by atoms with van der Waals surface area (Å²) in [5.74, 6) is 1.15. The Bertz CT molecular complexity index is 1360. The second-order valence-electron chi connectivity index (χ2n) is 9.39. The third-order valence-electron chi connectivity index (χ3n) is 6.70. The van der Waals surface area contributed by atoms with Crippen molar-refractivity contribution in [3.05, 3.63) is 42.1 Å². The van der Waals surface area contributed by atoms with E-state index in [1.54, 1.807) is 10.9 Å². The average molecular weight is 528 g/mol. The van der Waals surface area contributed by atoms with Gasteiger partial charge in [0.2, 0.25) is 5.95 Å². The number of aliphatic hydroxyl groups excluding tert-OH is 3. The Kier molecular flexibility index (Phi) is 7.56. The van der Waals surface area contributed by atoms with Crippen molar-refractivity contribution in [2.24, 2.45) is 7.05 Å². The molecule has 0 bridgehead atoms. The lowest BCUT2D eigenvalue weighted by Crippen LogP contribution is -2.29. The zero-order valence-electron chi connectivity index (χ0n) is 21.5. The lowest BCUT2D eigenvalue weighted by Gasteiger charge is -2.18. The van der Waals surface area contributed by atoms with E-state index in [2.05, 4.69) is 49.6 Å². The van der Waals surface area contributed by atoms with Gasteiger partial charge in [0.05, 0.1) is 25.0 Å². The van der Waals surface area contributed by atoms with Gasteiger partial charge in [0.15, 0.2) is 29.0 Å². The first-order valence-corrected chi connectivity index (χ1v) is 12.7. The Morgan fingerprint density at radius 1 is 1.08 bits per heavy atom. The average Bonchev–Trinajstić information content (AvgIpc) is 3.71. The smallest absolute Gasteiger partial charge is 0.226 e. The van der Waals surface area contributed by atoms with Gasteiger partial charge in [-0.1, -0.05) is 19.0 Å². The molecule has 14 nitrogen and oxygen atoms in total. The molecule has 1 saturated heterocycles. The van der Waals surface area contributed by atoms with Crippen molar-refractivity contribution in [2.75, 3.05) is 17.2 Å². The summed E-state index contributed by atoms with van der Waals surface area (Å²) < 4.78 is 14.7. The number of fused-ring (bicyclic) bond motifs is 1. The van der Waals surface area contributed by atoms with Gasteiger partial charge in [-0.25, -0.2) is 9.97 Å². The number of rotatable bonds is 11. The molecule has 14 heteroatoms. The fourth-order valence-corrected chi connectivity index (χ4v) is 4.53. The van der Waals surface area contributed by atoms with Gasteiger partial charge < -0.3 is 39.8 Å². The maximum absolute atomic E-state index is 10.9. The molecule has 38 heavy (non-hydrogen) atoms. The van der Waals surface area contributed by atoms with Gasteiger partial charge in [-0.05, 0) is 12.8 Å². The topological polar surface area (TPSA) is 181 Å². The number of nitrogens with zero attached hydrogens (tertiary/aromatic N) is 7. The molecule has 1 aliphatic rings. The molecule has 1 fully saturated rings. The molecular formula is C24H33N9O5. The Morgan fingerprint density at radius 3 is 2.58 bits per heavy atom. The summed E-state index contributed by atoms with van der Waals surface area (Å²) in [6.45, 7) is 4.44. The summed E-state index contributed by atoms with van der Waals surface area (Å²) in [4.78, 5) is 18.2. The van der Waals surface area contributed by atoms with Crippen LogP contribution in [0.5, 0.6) is 0 Å². The quantitative estimate of drug-likeness (QED) is 0.189. The Hall–Kier alpha value is -3.59. The molecule has 4 aromatic rings. The number of aryl methyl sites for hydroxylation is 1. The van der Waals surface area contributed by atoms with E-state index in [9.17, 15) is 15.3 Å². The minimum absolute atomic E-state index is 0.186. The molecule has 5 rings (SSSR count). The minimum Gasteiger partial charge on any atom is -0.390 e. The summed E-state index contributed by atoms with van der Waals surface area (Å²) in [5, 5.41) is 41.4. The van der Waals surface area contributed by atoms with E-state index in [4.69, 9.17) is 9.26 Å². The van der Waals surface area contributed by atoms with Crippen molar-refractivity contribution < 1.29 is 24.6 Å². The molecule has 0 radical (unpaired) electrons. The van der Waals surface area contributed by atoms with E-state index in [0.717, 1.165) is 18.5 Å². The Balaban J connectivity index is 1.45. The number of aliphatic hydroxyl groups is 3. The van der Waals surface area contributed by atoms with Gasteiger partial charge in [-0.3, -0.25) is 4.57 Å². The molecule has 0 aromatic carbocycles. The third kappa shape index (κ3) is 5.07. The molecular weight excluding hydrogens is 494 g/mol. The summed E-state index contributed by atoms with van der Waals surface area (Å²) >= 11 is 0. The number of hydrogen-bond donors (Lipinski definition) is 5. The van der Waals surface area contributed by atoms with Crippen LogP contribution < -0.4 is 10.6 Å². The van der Waals surface area contributed by atoms with Crippen molar-refractivity contribution in [1.29, 1.82) is 0 Å². The highest BCUT2D eigenvalue weighted by Crippen LogP contribution is 2.40. The van der Waals surface area contributed by atoms with Crippen molar-refractivity contribution >= 4 is 22.9 Å². The Morgan fingerprint density at radius 2 is 1.89 bits per heavy atom. The van der Waals surface area contributed by atoms with Crippen LogP contribution in [0.2, 0.25) is 0 Å². The predicted molar refractivity (Wildman–Crippen MR) is 136 cm³/mol. The van der Waals surface area contributed by atoms with E-state index >= 15 is 0 Å². The molecule has 0 saturated carbocycles. The van der Waals surface area contributed by atoms with Crippen LogP contribution in [0.3, 0.4) is 0 Å². The SMILES string of the molecule is CCC(CC)Nc1nc(NCCc2cn(C)cn2)nc2c1ncn2[C@@H]1OC(c2cc(CO)no2)[C@@H](O)[C@H]1O. The first-order chi connectivity index (χ1) is 18.4. The van der Waals surface area contributed by atoms with Crippen LogP contribution in [0.4, 0.5) is 11.8 Å². The molecule has 0 amide bonds. The summed E-state index contributed by atoms with van der Waals surface area (Å²) in [6.07, 6.45) is 3.13. The van der Waals surface area contributed by atoms with E-state index < -0.39 is 24.5 Å². The summed E-state index contributed by atoms with van der Waals surface area (Å²) in [6, 6.07) is 1.67. The standard InChI is InChI=1S/C24H33N9O5/c1-4-13(5-2)28-21-17-22(30-24(29-21)25-7-6-14-9-32(3)11-26-14)33(12-27-17)23-19(36)18(35)20(37-23)16-8-15(10-34)31-38-16/h8-9,11-13,18-20,23,34-36H,4-7,10H2,1-3H3,(H2,25,28,29,30)/t18-,19+,20?,23+/m0/s1. The van der Waals surface area contributed by atoms with E-state index in [1.807, 2.05) is 17.8 Å². The van der Waals surface area contributed by atoms with Crippen LogP contribution >= 0.6 is 0 Å². The second kappa shape index (κ2) is 11.0. The molecule has 0 spiro atoms. The lowest BCUT2D eigenvalue weighted by molar-refractivity contribution is -0.0434. The molecule has 5 N–H and O–H groups in total. The molecule has 5 heterocycles. The van der Waals surface area contributed by atoms with E-state index in [-0.39, 0.29) is 18.4 Å². The molecule has 4 atom stereocenters. The fraction of sp³-hybridized carbons (Fsp3) is 0.542. The van der Waals surface area contributed by atoms with Gasteiger partial charge in [0.1, 0.15) is 24.0 Å². The highest BCUT2D eigenvalue weighted by atomic mass is 16.6. The van der Waals surface area contributed by atoms with Crippen molar-refractivity contribution in [3.63, 3.8) is 0 Å². The zero-order chi connectivity index (χ0) is 26.8. The van der Waals surface area contributed by atoms with Crippen LogP contribution in [0.25, 0.3) is 11.2 Å². The molecule has 0 aliphatic carbocycles. The number of aromatic nitrogens is 7. The first kappa shape index (κ1) is 26.0. The second-order valence-corrected chi connectivity index (χ2v) is 9.39. The number of ether oxygens (including phenoxy) is 1. The maximum atomic E-state index is 10.9. The van der Waals surface area contributed by atoms with Gasteiger partial charge >= 0.3 is 0 Å². The Labute approximate surface area is 218 Å². The lowest BCUT2D eigenvalue weighted by atomic mass is 10.1. The van der Waals surface area contributed by atoms with Crippen LogP contribution in [-0.2, 0) is 24.8 Å². The molecule has 204 valence electrons. The van der Waals surface area contributed by atoms with Crippen LogP contribution in [0.15, 0.2) is 29.4 Å². The first-order valence-electron chi connectivity index (χ1n) is 12.7. The number of anilines is 2. The van der Waals surface area contributed by atoms with Gasteiger partial charge in [-0.2, -0.15) is 9.97 Å². The summed E-state index contributed by atoms with van der Waals surface area (Å²) in [7, 11) is 1.92. The number of imidazole rings is 2. The van der Waals surface area contributed by atoms with Gasteiger partial charge in [0, 0.05) is 38.3 Å². The number of hydrogen-bond acceptors (Lipinski definition) is 12. The highest BCUT2D eigenvalue weighted by Gasteiger charge is 2.47. The van der Waals surface area contributed by atoms with Gasteiger partial charge in [0.25, 0.3) is 0 Å². The third-order valence-corrected chi connectivity index (χ3v) is 6.70. The van der Waals surface area contributed by atoms with Crippen LogP contribution in [-0.4, -0.2) is 74.3 Å². The normalized spacial score (nSPS) is 21.6. The van der Waals surface area contributed by atoms with Crippen molar-refractivity contribution in [1.82, 2.24) is 34.2 Å². The minimum atomic E-state index is -1.30. The monoisotopic (exact) mass is 527 g/mol. The highest BCUT2D eigenvalue weighted by molar-refractivity contribution is 5.84. The van der Waals surface area contributed by atoms with Crippen molar-refractivity contribution in [3.8, 4) is 0 Å². The van der Waals surface area contributed by atoms with Gasteiger partial charge in [-0.15, -0.1) is 0 Å². The van der Waals surface area contributed by atoms with Crippen molar-refractivity contribution in [2.45, 2.75) is 70.3 Å². The molecule has 1 unspecified atom stereocenters. The van der Waals surface area contributed by atoms with E-state index in [1.165, 1.54) is 12.4 Å². The zero-order valence-corrected chi connectivity index (χ0v) is 21.5. The summed E-state index contributed by atoms with van der Waals surface area (Å²) in [5.41, 5.74) is 2.19. The number of nitrogens with one attached hydrogen (secondary N) is 2. The predicted octanol–water partition coefficient (Wildman–Crippen LogP) is 1.29.